The molecule has 0 bridgehead atoms. The number of carbonyl (C=O) groups is 2. The fraction of sp³-hybridized carbons (Fsp3) is 0.406. The second kappa shape index (κ2) is 31.3. The van der Waals surface area contributed by atoms with E-state index in [-0.39, 0.29) is 58.9 Å². The predicted molar refractivity (Wildman–Crippen MR) is 353 cm³/mol. The Morgan fingerprint density at radius 2 is 0.967 bits per heavy atom. The van der Waals surface area contributed by atoms with Crippen molar-refractivity contribution in [2.75, 3.05) is 71.2 Å². The van der Waals surface area contributed by atoms with Crippen molar-refractivity contribution in [2.45, 2.75) is 106 Å². The number of anilines is 1. The van der Waals surface area contributed by atoms with Crippen LogP contribution in [-0.2, 0) is 45.1 Å². The normalized spacial score (nSPS) is 12.1. The van der Waals surface area contributed by atoms with E-state index in [2.05, 4.69) is 55.5 Å². The first-order valence-electron chi connectivity index (χ1n) is 30.3. The Bertz CT molecular complexity index is 4610. The van der Waals surface area contributed by atoms with Crippen LogP contribution in [0.3, 0.4) is 0 Å². The topological polar surface area (TPSA) is 370 Å². The number of aliphatic hydroxyl groups excluding tert-OH is 1. The summed E-state index contributed by atoms with van der Waals surface area (Å²) < 4.78 is 22.5. The number of rotatable bonds is 26. The van der Waals surface area contributed by atoms with Gasteiger partial charge in [0, 0.05) is 78.2 Å². The van der Waals surface area contributed by atoms with Crippen molar-refractivity contribution in [1.82, 2.24) is 69.2 Å². The summed E-state index contributed by atoms with van der Waals surface area (Å²) in [5, 5.41) is 15.3. The summed E-state index contributed by atoms with van der Waals surface area (Å²) in [5.41, 5.74) is 8.37. The summed E-state index contributed by atoms with van der Waals surface area (Å²) in [5.74, 6) is 0.659. The Hall–Kier alpha value is -9.11. The number of benzene rings is 4. The minimum atomic E-state index is -3.01. The van der Waals surface area contributed by atoms with E-state index in [1.165, 1.54) is 6.66 Å². The summed E-state index contributed by atoms with van der Waals surface area (Å²) in [6.45, 7) is 15.3. The van der Waals surface area contributed by atoms with E-state index in [1.54, 1.807) is 0 Å². The lowest BCUT2D eigenvalue weighted by Crippen LogP contribution is -2.30. The molecule has 0 spiro atoms. The van der Waals surface area contributed by atoms with Gasteiger partial charge >= 0.3 is 17.1 Å². The zero-order valence-corrected chi connectivity index (χ0v) is 53.9. The van der Waals surface area contributed by atoms with Crippen molar-refractivity contribution >= 4 is 57.7 Å². The summed E-state index contributed by atoms with van der Waals surface area (Å²) in [4.78, 5) is 139. The Morgan fingerprint density at radius 3 is 1.41 bits per heavy atom. The monoisotopic (exact) mass is 1280 g/mol. The maximum Gasteiger partial charge on any atom is 0.349 e. The molecule has 10 rings (SSSR count). The van der Waals surface area contributed by atoms with Gasteiger partial charge in [-0.3, -0.25) is 43.5 Å². The lowest BCUT2D eigenvalue weighted by molar-refractivity contribution is -0.124. The molecule has 1 unspecified atom stereocenters. The molecule has 0 saturated carbocycles. The molecule has 92 heavy (non-hydrogen) atoms. The highest BCUT2D eigenvalue weighted by atomic mass is 31.2. The highest BCUT2D eigenvalue weighted by Gasteiger charge is 2.23. The number of nitrogens with zero attached hydrogens (tertiary/aromatic N) is 10. The van der Waals surface area contributed by atoms with Crippen molar-refractivity contribution in [3.63, 3.8) is 0 Å². The summed E-state index contributed by atoms with van der Waals surface area (Å²) >= 11 is 0. The van der Waals surface area contributed by atoms with Crippen LogP contribution < -0.4 is 49.3 Å². The van der Waals surface area contributed by atoms with Crippen molar-refractivity contribution in [1.29, 1.82) is 0 Å². The Labute approximate surface area is 527 Å². The molecule has 7 N–H and O–H groups in total. The lowest BCUT2D eigenvalue weighted by atomic mass is 10.1. The number of H-pyrrole nitrogens is 3. The zero-order valence-electron chi connectivity index (χ0n) is 53.0. The third-order valence-electron chi connectivity index (χ3n) is 15.5. The van der Waals surface area contributed by atoms with Crippen LogP contribution in [0.5, 0.6) is 0 Å². The molecule has 27 nitrogen and oxygen atoms in total. The van der Waals surface area contributed by atoms with Gasteiger partial charge in [-0.05, 0) is 143 Å². The van der Waals surface area contributed by atoms with Gasteiger partial charge in [0.1, 0.15) is 13.2 Å². The smallest absolute Gasteiger partial charge is 0.349 e. The van der Waals surface area contributed by atoms with E-state index < -0.39 is 47.7 Å². The molecular formula is C64H78N15O12P. The highest BCUT2D eigenvalue weighted by Crippen LogP contribution is 2.36. The number of ketones is 2. The highest BCUT2D eigenvalue weighted by molar-refractivity contribution is 7.57. The summed E-state index contributed by atoms with van der Waals surface area (Å²) in [7, 11) is 0.882. The van der Waals surface area contributed by atoms with Crippen molar-refractivity contribution in [3.05, 3.63) is 163 Å². The Morgan fingerprint density at radius 1 is 0.543 bits per heavy atom. The molecule has 0 saturated heterocycles. The van der Waals surface area contributed by atoms with Crippen molar-refractivity contribution in [3.8, 4) is 34.6 Å². The van der Waals surface area contributed by atoms with Gasteiger partial charge < -0.3 is 44.0 Å². The van der Waals surface area contributed by atoms with Crippen LogP contribution in [0.4, 0.5) is 5.69 Å². The molecule has 6 aliphatic rings. The molecule has 4 aromatic rings. The minimum Gasteiger partial charge on any atom is -0.389 e. The number of aliphatic hydroxyl groups is 1. The van der Waals surface area contributed by atoms with E-state index in [0.29, 0.717) is 107 Å². The van der Waals surface area contributed by atoms with E-state index in [0.717, 1.165) is 62.0 Å². The summed E-state index contributed by atoms with van der Waals surface area (Å²) in [6.07, 6.45) is 4.46. The van der Waals surface area contributed by atoms with E-state index in [9.17, 15) is 47.8 Å². The van der Waals surface area contributed by atoms with Gasteiger partial charge in [0.15, 0.2) is 53.5 Å². The van der Waals surface area contributed by atoms with Gasteiger partial charge in [-0.25, -0.2) is 29.3 Å². The lowest BCUT2D eigenvalue weighted by Gasteiger charge is -2.21. The summed E-state index contributed by atoms with van der Waals surface area (Å²) in [6, 6.07) is 21.5. The number of Topliss-reactive ketones (excluding diaryl/α,β-unsaturated/α-hetero) is 2. The van der Waals surface area contributed by atoms with Crippen LogP contribution >= 0.6 is 7.37 Å². The number of carbonyl (C=O) groups excluding carboxylic acids is 2. The number of aryl methyl sites for hydroxylation is 6. The van der Waals surface area contributed by atoms with Gasteiger partial charge in [0.25, 0.3) is 16.7 Å². The number of hydrogen-bond donors (Lipinski definition) is 7. The predicted octanol–water partition coefficient (Wildman–Crippen LogP) is 4.52. The third kappa shape index (κ3) is 17.9. The average Bonchev–Trinajstić information content (AvgIpc) is 0.777. The first-order valence-corrected chi connectivity index (χ1v) is 32.6. The number of aromatic nitrogens is 12. The average molecular weight is 1280 g/mol. The number of hydrogen-bond acceptors (Lipinski definition) is 20. The first kappa shape index (κ1) is 68.8. The molecule has 0 aromatic heterocycles. The number of fused-ring (bicyclic) bond motifs is 6. The molecule has 0 radical (unpaired) electrons. The molecule has 486 valence electrons. The second-order valence-electron chi connectivity index (χ2n) is 23.0. The maximum atomic E-state index is 12.4. The van der Waals surface area contributed by atoms with Crippen LogP contribution in [0.25, 0.3) is 67.7 Å². The van der Waals surface area contributed by atoms with Crippen LogP contribution in [0.2, 0.25) is 0 Å². The molecule has 0 aliphatic carbocycles. The zero-order chi connectivity index (χ0) is 66.4. The Balaban J connectivity index is 0.000000179. The van der Waals surface area contributed by atoms with E-state index in [4.69, 9.17) is 9.84 Å². The molecule has 0 amide bonds. The van der Waals surface area contributed by atoms with Gasteiger partial charge in [0.05, 0.1) is 39.7 Å². The molecule has 0 fully saturated rings. The molecule has 1 atom stereocenters. The molecule has 28 heteroatoms. The first-order chi connectivity index (χ1) is 43.9. The van der Waals surface area contributed by atoms with Crippen LogP contribution in [-0.4, -0.2) is 146 Å². The maximum absolute atomic E-state index is 12.4. The van der Waals surface area contributed by atoms with E-state index >= 15 is 0 Å². The SMILES string of the molecule is Cc1cc2nc3c(=O)[nH]c(=O)nc-3n(CCCCCP(C)(=O)O)c2cc1N(C)C.Cc1cc2nc3c(=O)[nH]c(=O)nc-3n(CCNCCCC(=O)CO)c2cc1C.Cc1cc2nc3c(=O)[nH]c(=O)nc-3n(CCNCCCC(=O)COCc3ccccc3)c2cc1C. The van der Waals surface area contributed by atoms with Crippen LogP contribution in [0.15, 0.2) is 95.5 Å². The fourth-order valence-electron chi connectivity index (χ4n) is 10.5. The van der Waals surface area contributed by atoms with Crippen LogP contribution in [0.1, 0.15) is 78.3 Å². The number of nitrogens with one attached hydrogen (secondary N) is 5. The fourth-order valence-corrected chi connectivity index (χ4v) is 11.3. The van der Waals surface area contributed by atoms with Crippen molar-refractivity contribution in [2.24, 2.45) is 0 Å². The molecular weight excluding hydrogens is 1200 g/mol. The Kier molecular flexibility index (Phi) is 23.4. The minimum absolute atomic E-state index is 0.0699. The van der Waals surface area contributed by atoms with Gasteiger partial charge in [-0.2, -0.15) is 15.0 Å². The standard InChI is InChI=1S/C26H29N5O4.C19H26N5O4P.C19H23N5O4/c1-17-13-21-22(14-18(17)2)31(24-23(28-21)25(33)30-26(34)29-24)12-11-27-10-6-9-20(32)16-35-15-19-7-4-3-5-8-19;1-12-10-13-15(11-14(12)23(2)3)24(8-6-5-7-9-29(4,27)28)17-16(20-13)18(25)22-19(26)21-17;1-11-8-14-15(9-12(11)2)24(7-6-20-5-3-4-13(26)10-25)17-16(21-14)18(27)23-19(28)22-17/h3-5,7-8,13-14,27H,6,9-12,15-16H2,1-2H3,(H,30,33,34);10-11H,5-9H2,1-4H3,(H,27,28)(H,22,25,26);8-9,20,25H,3-7,10H2,1-2H3,(H,23,27,28). The number of unbranched alkanes of at least 4 members (excludes halogenated alkanes) is 2. The van der Waals surface area contributed by atoms with Crippen molar-refractivity contribution < 1.29 is 28.9 Å². The molecule has 6 aliphatic heterocycles. The van der Waals surface area contributed by atoms with Gasteiger partial charge in [-0.15, -0.1) is 0 Å². The second-order valence-corrected chi connectivity index (χ2v) is 25.6. The number of ether oxygens (including phenoxy) is 1. The van der Waals surface area contributed by atoms with Gasteiger partial charge in [0.2, 0.25) is 0 Å². The molecule has 6 heterocycles. The van der Waals surface area contributed by atoms with E-state index in [1.807, 2.05) is 134 Å². The number of aromatic amines is 3. The third-order valence-corrected chi connectivity index (χ3v) is 16.7. The largest absolute Gasteiger partial charge is 0.389 e. The van der Waals surface area contributed by atoms with Gasteiger partial charge in [-0.1, -0.05) is 36.8 Å². The van der Waals surface area contributed by atoms with Crippen LogP contribution in [0, 0.1) is 34.6 Å². The quantitative estimate of drug-likeness (QED) is 0.0223. The molecule has 4 aromatic carbocycles.